The van der Waals surface area contributed by atoms with Crippen molar-refractivity contribution in [2.75, 3.05) is 26.2 Å². The summed E-state index contributed by atoms with van der Waals surface area (Å²) in [5, 5.41) is 6.06. The van der Waals surface area contributed by atoms with Gasteiger partial charge in [-0.1, -0.05) is 11.6 Å². The summed E-state index contributed by atoms with van der Waals surface area (Å²) < 4.78 is 27.4. The van der Waals surface area contributed by atoms with Crippen molar-refractivity contribution in [2.45, 2.75) is 17.2 Å². The molecular weight excluding hydrogens is 402 g/mol. The molecule has 1 aromatic heterocycles. The summed E-state index contributed by atoms with van der Waals surface area (Å²) in [6.45, 7) is 3.31. The fraction of sp³-hybridized carbons (Fsp3) is 0.545. The number of nitrogens with one attached hydrogen (secondary N) is 2. The first-order valence-corrected chi connectivity index (χ1v) is 9.75. The van der Waals surface area contributed by atoms with Gasteiger partial charge >= 0.3 is 0 Å². The SMILES string of the molecule is CCNC(=O)C1CNCCN1S(=O)(=O)c1cc(Cl)c(Br)s1. The van der Waals surface area contributed by atoms with E-state index in [2.05, 4.69) is 26.6 Å². The van der Waals surface area contributed by atoms with Crippen LogP contribution in [0.25, 0.3) is 0 Å². The van der Waals surface area contributed by atoms with Gasteiger partial charge in [0.15, 0.2) is 0 Å². The maximum atomic E-state index is 12.7. The number of hydrogen-bond acceptors (Lipinski definition) is 5. The highest BCUT2D eigenvalue weighted by Crippen LogP contribution is 2.36. The lowest BCUT2D eigenvalue weighted by Crippen LogP contribution is -2.59. The van der Waals surface area contributed by atoms with Crippen LogP contribution in [0.3, 0.4) is 0 Å². The van der Waals surface area contributed by atoms with Crippen molar-refractivity contribution in [1.82, 2.24) is 14.9 Å². The molecule has 1 amide bonds. The summed E-state index contributed by atoms with van der Waals surface area (Å²) in [6, 6.07) is 0.658. The zero-order chi connectivity index (χ0) is 15.6. The smallest absolute Gasteiger partial charge is 0.253 e. The second-order valence-electron chi connectivity index (χ2n) is 4.42. The zero-order valence-electron chi connectivity index (χ0n) is 11.2. The molecule has 21 heavy (non-hydrogen) atoms. The number of piperazine rings is 1. The Bertz CT molecular complexity index is 615. The van der Waals surface area contributed by atoms with Gasteiger partial charge in [-0.25, -0.2) is 8.42 Å². The summed E-state index contributed by atoms with van der Waals surface area (Å²) in [6.07, 6.45) is 0. The second-order valence-corrected chi connectivity index (χ2v) is 9.31. The highest BCUT2D eigenvalue weighted by atomic mass is 79.9. The molecule has 1 aromatic rings. The van der Waals surface area contributed by atoms with Gasteiger partial charge in [0.2, 0.25) is 5.91 Å². The number of nitrogens with zero attached hydrogens (tertiary/aromatic N) is 1. The second kappa shape index (κ2) is 6.93. The lowest BCUT2D eigenvalue weighted by Gasteiger charge is -2.33. The van der Waals surface area contributed by atoms with Gasteiger partial charge in [-0.3, -0.25) is 4.79 Å². The largest absolute Gasteiger partial charge is 0.355 e. The fourth-order valence-electron chi connectivity index (χ4n) is 2.06. The van der Waals surface area contributed by atoms with E-state index in [0.717, 1.165) is 11.3 Å². The van der Waals surface area contributed by atoms with Gasteiger partial charge < -0.3 is 10.6 Å². The number of carbonyl (C=O) groups is 1. The van der Waals surface area contributed by atoms with Gasteiger partial charge in [-0.2, -0.15) is 4.31 Å². The Kier molecular flexibility index (Phi) is 5.66. The monoisotopic (exact) mass is 415 g/mol. The molecule has 10 heteroatoms. The third-order valence-corrected chi connectivity index (χ3v) is 7.87. The lowest BCUT2D eigenvalue weighted by molar-refractivity contribution is -0.125. The van der Waals surface area contributed by atoms with Gasteiger partial charge in [0.05, 0.1) is 8.81 Å². The average Bonchev–Trinajstić information content (AvgIpc) is 2.80. The van der Waals surface area contributed by atoms with Gasteiger partial charge in [-0.15, -0.1) is 11.3 Å². The zero-order valence-corrected chi connectivity index (χ0v) is 15.2. The number of rotatable bonds is 4. The number of hydrogen-bond donors (Lipinski definition) is 2. The third kappa shape index (κ3) is 3.59. The van der Waals surface area contributed by atoms with Crippen molar-refractivity contribution >= 4 is 54.8 Å². The molecule has 0 radical (unpaired) electrons. The molecule has 1 saturated heterocycles. The van der Waals surface area contributed by atoms with Gasteiger partial charge in [0.25, 0.3) is 10.0 Å². The van der Waals surface area contributed by atoms with Crippen LogP contribution in [0.5, 0.6) is 0 Å². The minimum absolute atomic E-state index is 0.135. The molecule has 1 atom stereocenters. The van der Waals surface area contributed by atoms with E-state index < -0.39 is 16.1 Å². The molecule has 2 rings (SSSR count). The molecule has 2 N–H and O–H groups in total. The summed E-state index contributed by atoms with van der Waals surface area (Å²) in [7, 11) is -3.74. The quantitative estimate of drug-likeness (QED) is 0.774. The first kappa shape index (κ1) is 17.2. The maximum absolute atomic E-state index is 12.7. The number of likely N-dealkylation sites (N-methyl/N-ethyl adjacent to an activating group) is 1. The van der Waals surface area contributed by atoms with E-state index in [1.807, 2.05) is 0 Å². The van der Waals surface area contributed by atoms with Crippen molar-refractivity contribution < 1.29 is 13.2 Å². The lowest BCUT2D eigenvalue weighted by atomic mass is 10.2. The van der Waals surface area contributed by atoms with Crippen molar-refractivity contribution in [3.63, 3.8) is 0 Å². The van der Waals surface area contributed by atoms with E-state index in [-0.39, 0.29) is 16.7 Å². The first-order valence-electron chi connectivity index (χ1n) is 6.33. The molecular formula is C11H15BrClN3O3S2. The normalized spacial score (nSPS) is 20.4. The standard InChI is InChI=1S/C11H15BrClN3O3S2/c1-2-15-11(17)8-6-14-3-4-16(8)21(18,19)9-5-7(13)10(12)20-9/h5,8,14H,2-4,6H2,1H3,(H,15,17). The number of thiophene rings is 1. The van der Waals surface area contributed by atoms with Crippen LogP contribution >= 0.6 is 38.9 Å². The highest BCUT2D eigenvalue weighted by molar-refractivity contribution is 9.11. The minimum Gasteiger partial charge on any atom is -0.355 e. The molecule has 0 spiro atoms. The molecule has 1 aliphatic rings. The van der Waals surface area contributed by atoms with E-state index in [9.17, 15) is 13.2 Å². The Morgan fingerprint density at radius 2 is 2.38 bits per heavy atom. The topological polar surface area (TPSA) is 78.5 Å². The predicted octanol–water partition coefficient (Wildman–Crippen LogP) is 1.26. The average molecular weight is 417 g/mol. The predicted molar refractivity (Wildman–Crippen MR) is 86.3 cm³/mol. The van der Waals surface area contributed by atoms with Crippen LogP contribution in [0.2, 0.25) is 5.02 Å². The summed E-state index contributed by atoms with van der Waals surface area (Å²) in [4.78, 5) is 12.1. The van der Waals surface area contributed by atoms with Gasteiger partial charge in [-0.05, 0) is 28.9 Å². The van der Waals surface area contributed by atoms with Crippen molar-refractivity contribution in [3.05, 3.63) is 14.9 Å². The van der Waals surface area contributed by atoms with Crippen LogP contribution in [0, 0.1) is 0 Å². The number of halogens is 2. The molecule has 1 aliphatic heterocycles. The van der Waals surface area contributed by atoms with Crippen LogP contribution in [-0.4, -0.2) is 50.9 Å². The van der Waals surface area contributed by atoms with E-state index in [1.165, 1.54) is 10.4 Å². The van der Waals surface area contributed by atoms with E-state index in [4.69, 9.17) is 11.6 Å². The maximum Gasteiger partial charge on any atom is 0.253 e. The van der Waals surface area contributed by atoms with Crippen molar-refractivity contribution in [2.24, 2.45) is 0 Å². The number of sulfonamides is 1. The first-order chi connectivity index (χ1) is 9.87. The molecule has 0 saturated carbocycles. The Labute approximate surface area is 141 Å². The van der Waals surface area contributed by atoms with Crippen LogP contribution in [0.15, 0.2) is 14.1 Å². The third-order valence-electron chi connectivity index (χ3n) is 3.03. The summed E-state index contributed by atoms with van der Waals surface area (Å²) in [5.74, 6) is -0.296. The Hall–Kier alpha value is -0.190. The summed E-state index contributed by atoms with van der Waals surface area (Å²) >= 11 is 10.2. The minimum atomic E-state index is -3.74. The van der Waals surface area contributed by atoms with Crippen LogP contribution in [0.1, 0.15) is 6.92 Å². The fourth-order valence-corrected chi connectivity index (χ4v) is 6.17. The molecule has 2 heterocycles. The number of carbonyl (C=O) groups excluding carboxylic acids is 1. The molecule has 0 aromatic carbocycles. The van der Waals surface area contributed by atoms with Crippen molar-refractivity contribution in [1.29, 1.82) is 0 Å². The molecule has 118 valence electrons. The molecule has 1 fully saturated rings. The van der Waals surface area contributed by atoms with Gasteiger partial charge in [0.1, 0.15) is 10.3 Å². The Balaban J connectivity index is 2.33. The van der Waals surface area contributed by atoms with E-state index >= 15 is 0 Å². The van der Waals surface area contributed by atoms with E-state index in [1.54, 1.807) is 6.92 Å². The molecule has 0 bridgehead atoms. The molecule has 0 aliphatic carbocycles. The van der Waals surface area contributed by atoms with Crippen molar-refractivity contribution in [3.8, 4) is 0 Å². The number of amides is 1. The summed E-state index contributed by atoms with van der Waals surface area (Å²) in [5.41, 5.74) is 0. The molecule has 6 nitrogen and oxygen atoms in total. The van der Waals surface area contributed by atoms with Crippen LogP contribution in [-0.2, 0) is 14.8 Å². The van der Waals surface area contributed by atoms with Crippen LogP contribution < -0.4 is 10.6 Å². The van der Waals surface area contributed by atoms with E-state index in [0.29, 0.717) is 28.4 Å². The van der Waals surface area contributed by atoms with Gasteiger partial charge in [0, 0.05) is 26.2 Å². The highest BCUT2D eigenvalue weighted by Gasteiger charge is 2.38. The van der Waals surface area contributed by atoms with Crippen LogP contribution in [0.4, 0.5) is 0 Å². The Morgan fingerprint density at radius 1 is 1.67 bits per heavy atom. The Morgan fingerprint density at radius 3 is 2.95 bits per heavy atom. The molecule has 1 unspecified atom stereocenters.